The zero-order chi connectivity index (χ0) is 23.6. The van der Waals surface area contributed by atoms with Gasteiger partial charge in [-0.05, 0) is 58.7 Å². The van der Waals surface area contributed by atoms with Crippen molar-refractivity contribution in [3.05, 3.63) is 89.5 Å². The predicted molar refractivity (Wildman–Crippen MR) is 156 cm³/mol. The summed E-state index contributed by atoms with van der Waals surface area (Å²) in [7, 11) is 3.39. The highest BCUT2D eigenvalue weighted by Crippen LogP contribution is 2.29. The van der Waals surface area contributed by atoms with Crippen LogP contribution in [0.1, 0.15) is 43.4 Å². The lowest BCUT2D eigenvalue weighted by atomic mass is 10.0. The molecule has 4 nitrogen and oxygen atoms in total. The molecule has 0 unspecified atom stereocenters. The summed E-state index contributed by atoms with van der Waals surface area (Å²) in [6.07, 6.45) is 0. The summed E-state index contributed by atoms with van der Waals surface area (Å²) in [6, 6.07) is 25.0. The van der Waals surface area contributed by atoms with E-state index in [1.807, 2.05) is 24.3 Å². The van der Waals surface area contributed by atoms with Crippen molar-refractivity contribution >= 4 is 46.6 Å². The largest absolute Gasteiger partial charge is 0.497 e. The van der Waals surface area contributed by atoms with Gasteiger partial charge in [0.05, 0.1) is 19.9 Å². The monoisotopic (exact) mass is 590 g/mol. The molecular formula is C28H35IN2O2S. The molecule has 0 N–H and O–H groups in total. The lowest BCUT2D eigenvalue weighted by Crippen LogP contribution is -2.28. The second kappa shape index (κ2) is 14.3. The topological polar surface area (TPSA) is 34.1 Å². The van der Waals surface area contributed by atoms with E-state index in [-0.39, 0.29) is 24.0 Å². The number of ether oxygens (including phenoxy) is 2. The van der Waals surface area contributed by atoms with E-state index < -0.39 is 0 Å². The van der Waals surface area contributed by atoms with Crippen molar-refractivity contribution < 1.29 is 9.47 Å². The maximum absolute atomic E-state index is 5.34. The van der Waals surface area contributed by atoms with Crippen molar-refractivity contribution in [1.82, 2.24) is 4.90 Å². The van der Waals surface area contributed by atoms with Gasteiger partial charge in [0.1, 0.15) is 11.5 Å². The van der Waals surface area contributed by atoms with Crippen LogP contribution in [0.3, 0.4) is 0 Å². The van der Waals surface area contributed by atoms with E-state index in [0.717, 1.165) is 41.2 Å². The maximum atomic E-state index is 5.34. The molecule has 3 rings (SSSR count). The first-order chi connectivity index (χ1) is 16.0. The summed E-state index contributed by atoms with van der Waals surface area (Å²) in [5, 5.41) is 1.03. The van der Waals surface area contributed by atoms with Gasteiger partial charge in [-0.25, -0.2) is 4.99 Å². The maximum Gasteiger partial charge on any atom is 0.164 e. The van der Waals surface area contributed by atoms with Gasteiger partial charge in [0.25, 0.3) is 0 Å². The van der Waals surface area contributed by atoms with Crippen LogP contribution in [0.2, 0.25) is 0 Å². The van der Waals surface area contributed by atoms with Crippen molar-refractivity contribution in [3.8, 4) is 11.5 Å². The lowest BCUT2D eigenvalue weighted by molar-refractivity contribution is 0.405. The molecule has 0 saturated carbocycles. The number of halogens is 1. The minimum atomic E-state index is 0. The van der Waals surface area contributed by atoms with Crippen LogP contribution in [0, 0.1) is 0 Å². The second-order valence-corrected chi connectivity index (χ2v) is 9.32. The van der Waals surface area contributed by atoms with Crippen molar-refractivity contribution in [2.45, 2.75) is 39.8 Å². The average Bonchev–Trinajstić information content (AvgIpc) is 2.84. The van der Waals surface area contributed by atoms with Gasteiger partial charge in [0.15, 0.2) is 5.17 Å². The fourth-order valence-electron chi connectivity index (χ4n) is 3.60. The summed E-state index contributed by atoms with van der Waals surface area (Å²) < 4.78 is 10.7. The number of amidine groups is 1. The number of aliphatic imine (C=N–C) groups is 1. The van der Waals surface area contributed by atoms with Gasteiger partial charge in [-0.2, -0.15) is 0 Å². The SMILES string of the molecule is CCSC(=Nc1ccccc1C(C)C)N(Cc1ccc(OC)cc1)Cc1ccc(OC)cc1.I. The van der Waals surface area contributed by atoms with E-state index in [9.17, 15) is 0 Å². The van der Waals surface area contributed by atoms with Crippen LogP contribution in [0.25, 0.3) is 0 Å². The van der Waals surface area contributed by atoms with Crippen LogP contribution < -0.4 is 9.47 Å². The van der Waals surface area contributed by atoms with Crippen LogP contribution in [0.5, 0.6) is 11.5 Å². The molecule has 0 aliphatic carbocycles. The van der Waals surface area contributed by atoms with Gasteiger partial charge in [0, 0.05) is 13.1 Å². The molecular weight excluding hydrogens is 555 g/mol. The van der Waals surface area contributed by atoms with E-state index in [4.69, 9.17) is 14.5 Å². The highest BCUT2D eigenvalue weighted by atomic mass is 127. The van der Waals surface area contributed by atoms with E-state index in [2.05, 4.69) is 74.2 Å². The molecule has 182 valence electrons. The van der Waals surface area contributed by atoms with Crippen LogP contribution in [-0.4, -0.2) is 30.0 Å². The third kappa shape index (κ3) is 7.94. The third-order valence-electron chi connectivity index (χ3n) is 5.38. The molecule has 0 bridgehead atoms. The first-order valence-electron chi connectivity index (χ1n) is 11.3. The Morgan fingerprint density at radius 3 is 1.76 bits per heavy atom. The molecule has 0 fully saturated rings. The molecule has 0 aliphatic rings. The third-order valence-corrected chi connectivity index (χ3v) is 6.28. The average molecular weight is 591 g/mol. The Morgan fingerprint density at radius 2 is 1.32 bits per heavy atom. The number of hydrogen-bond donors (Lipinski definition) is 0. The molecule has 0 atom stereocenters. The smallest absolute Gasteiger partial charge is 0.164 e. The Balaban J connectivity index is 0.00000408. The standard InChI is InChI=1S/C28H34N2O2S.HI/c1-6-33-28(29-27-10-8-7-9-26(27)21(2)3)30(19-22-11-15-24(31-4)16-12-22)20-23-13-17-25(32-5)18-14-23;/h7-18,21H,6,19-20H2,1-5H3;1H. The summed E-state index contributed by atoms with van der Waals surface area (Å²) in [6.45, 7) is 8.12. The minimum absolute atomic E-state index is 0. The molecule has 0 saturated heterocycles. The van der Waals surface area contributed by atoms with Gasteiger partial charge in [-0.1, -0.05) is 75.0 Å². The number of rotatable bonds is 9. The van der Waals surface area contributed by atoms with Crippen LogP contribution in [-0.2, 0) is 13.1 Å². The molecule has 0 aliphatic heterocycles. The number of methoxy groups -OCH3 is 2. The van der Waals surface area contributed by atoms with Gasteiger partial charge < -0.3 is 14.4 Å². The predicted octanol–water partition coefficient (Wildman–Crippen LogP) is 7.89. The lowest BCUT2D eigenvalue weighted by Gasteiger charge is -2.26. The molecule has 34 heavy (non-hydrogen) atoms. The minimum Gasteiger partial charge on any atom is -0.497 e. The Bertz CT molecular complexity index is 988. The number of para-hydroxylation sites is 1. The molecule has 3 aromatic carbocycles. The first kappa shape index (κ1) is 28.1. The van der Waals surface area contributed by atoms with Crippen molar-refractivity contribution in [2.24, 2.45) is 4.99 Å². The first-order valence-corrected chi connectivity index (χ1v) is 12.3. The van der Waals surface area contributed by atoms with E-state index >= 15 is 0 Å². The second-order valence-electron chi connectivity index (χ2n) is 8.09. The Labute approximate surface area is 225 Å². The van der Waals surface area contributed by atoms with Gasteiger partial charge >= 0.3 is 0 Å². The van der Waals surface area contributed by atoms with Crippen LogP contribution >= 0.6 is 35.7 Å². The number of thioether (sulfide) groups is 1. The molecule has 0 amide bonds. The highest BCUT2D eigenvalue weighted by molar-refractivity contribution is 14.0. The van der Waals surface area contributed by atoms with Crippen molar-refractivity contribution in [3.63, 3.8) is 0 Å². The van der Waals surface area contributed by atoms with Gasteiger partial charge in [0.2, 0.25) is 0 Å². The molecule has 3 aromatic rings. The zero-order valence-electron chi connectivity index (χ0n) is 20.7. The van der Waals surface area contributed by atoms with Crippen molar-refractivity contribution in [1.29, 1.82) is 0 Å². The summed E-state index contributed by atoms with van der Waals surface area (Å²) in [4.78, 5) is 7.54. The summed E-state index contributed by atoms with van der Waals surface area (Å²) >= 11 is 1.78. The van der Waals surface area contributed by atoms with Gasteiger partial charge in [-0.15, -0.1) is 24.0 Å². The molecule has 0 spiro atoms. The number of benzene rings is 3. The molecule has 6 heteroatoms. The molecule has 0 heterocycles. The molecule has 0 aromatic heterocycles. The van der Waals surface area contributed by atoms with E-state index in [0.29, 0.717) is 5.92 Å². The van der Waals surface area contributed by atoms with Crippen LogP contribution in [0.4, 0.5) is 5.69 Å². The Morgan fingerprint density at radius 1 is 0.824 bits per heavy atom. The highest BCUT2D eigenvalue weighted by Gasteiger charge is 2.16. The van der Waals surface area contributed by atoms with Gasteiger partial charge in [-0.3, -0.25) is 0 Å². The van der Waals surface area contributed by atoms with Crippen LogP contribution in [0.15, 0.2) is 77.8 Å². The fourth-order valence-corrected chi connectivity index (χ4v) is 4.33. The summed E-state index contributed by atoms with van der Waals surface area (Å²) in [5.41, 5.74) is 4.73. The quantitative estimate of drug-likeness (QED) is 0.144. The van der Waals surface area contributed by atoms with E-state index in [1.165, 1.54) is 16.7 Å². The normalized spacial score (nSPS) is 11.2. The fraction of sp³-hybridized carbons (Fsp3) is 0.321. The molecule has 0 radical (unpaired) electrons. The Kier molecular flexibility index (Phi) is 11.8. The number of nitrogens with zero attached hydrogens (tertiary/aromatic N) is 2. The summed E-state index contributed by atoms with van der Waals surface area (Å²) in [5.74, 6) is 3.09. The number of hydrogen-bond acceptors (Lipinski definition) is 4. The zero-order valence-corrected chi connectivity index (χ0v) is 23.8. The van der Waals surface area contributed by atoms with E-state index in [1.54, 1.807) is 26.0 Å². The van der Waals surface area contributed by atoms with Crippen molar-refractivity contribution in [2.75, 3.05) is 20.0 Å². The Hall–Kier alpha value is -2.19.